The van der Waals surface area contributed by atoms with Crippen LogP contribution in [0.4, 0.5) is 0 Å². The minimum absolute atomic E-state index is 0.0502. The normalized spacial score (nSPS) is 14.0. The van der Waals surface area contributed by atoms with Crippen LogP contribution >= 0.6 is 7.52 Å². The van der Waals surface area contributed by atoms with Gasteiger partial charge in [-0.2, -0.15) is 0 Å². The van der Waals surface area contributed by atoms with Crippen LogP contribution in [0.2, 0.25) is 0 Å². The molecule has 0 bridgehead atoms. The lowest BCUT2D eigenvalue weighted by molar-refractivity contribution is -0.149. The molecule has 1 unspecified atom stereocenters. The number of amides is 1. The molecular weight excluding hydrogens is 687 g/mol. The number of methoxy groups -OCH3 is 1. The molecule has 0 saturated carbocycles. The fourth-order valence-corrected chi connectivity index (χ4v) is 6.94. The van der Waals surface area contributed by atoms with Gasteiger partial charge in [0.1, 0.15) is 24.7 Å². The van der Waals surface area contributed by atoms with Crippen LogP contribution in [0, 0.1) is 5.92 Å². The van der Waals surface area contributed by atoms with Gasteiger partial charge in [0.05, 0.1) is 25.0 Å². The number of ether oxygens (including phenoxy) is 4. The molecule has 0 aliphatic rings. The van der Waals surface area contributed by atoms with Gasteiger partial charge in [-0.15, -0.1) is 0 Å². The fourth-order valence-electron chi connectivity index (χ4n) is 5.26. The van der Waals surface area contributed by atoms with Crippen molar-refractivity contribution in [3.8, 4) is 16.9 Å². The number of carbonyl (C=O) groups is 4. The molecular formula is C39H51N2O10P. The van der Waals surface area contributed by atoms with Gasteiger partial charge in [0.25, 0.3) is 0 Å². The van der Waals surface area contributed by atoms with E-state index in [0.29, 0.717) is 18.4 Å². The van der Waals surface area contributed by atoms with Crippen LogP contribution in [-0.2, 0) is 55.7 Å². The van der Waals surface area contributed by atoms with E-state index in [9.17, 15) is 23.7 Å². The van der Waals surface area contributed by atoms with Crippen LogP contribution in [0.3, 0.4) is 0 Å². The second-order valence-electron chi connectivity index (χ2n) is 12.7. The van der Waals surface area contributed by atoms with Gasteiger partial charge in [-0.05, 0) is 74.9 Å². The van der Waals surface area contributed by atoms with E-state index in [1.165, 1.54) is 14.0 Å². The molecule has 0 aliphatic heterocycles. The molecule has 4 atom stereocenters. The Kier molecular flexibility index (Phi) is 17.0. The van der Waals surface area contributed by atoms with E-state index in [1.807, 2.05) is 54.6 Å². The zero-order valence-electron chi connectivity index (χ0n) is 30.8. The highest BCUT2D eigenvalue weighted by Gasteiger charge is 2.31. The van der Waals surface area contributed by atoms with Crippen LogP contribution in [0.25, 0.3) is 11.1 Å². The first kappa shape index (κ1) is 41.9. The zero-order valence-corrected chi connectivity index (χ0v) is 31.7. The van der Waals surface area contributed by atoms with Gasteiger partial charge in [-0.25, -0.2) is 5.09 Å². The van der Waals surface area contributed by atoms with Crippen molar-refractivity contribution in [2.24, 2.45) is 5.92 Å². The Morgan fingerprint density at radius 3 is 2.02 bits per heavy atom. The second-order valence-corrected chi connectivity index (χ2v) is 14.8. The van der Waals surface area contributed by atoms with Gasteiger partial charge in [0.15, 0.2) is 0 Å². The Morgan fingerprint density at radius 2 is 1.40 bits per heavy atom. The number of hydrogen-bond donors (Lipinski definition) is 2. The summed E-state index contributed by atoms with van der Waals surface area (Å²) in [5.41, 5.74) is 3.81. The molecule has 0 spiro atoms. The first-order valence-electron chi connectivity index (χ1n) is 17.4. The van der Waals surface area contributed by atoms with Gasteiger partial charge >= 0.3 is 25.4 Å². The highest BCUT2D eigenvalue weighted by atomic mass is 31.2. The number of nitrogens with one attached hydrogen (secondary N) is 2. The molecule has 0 fully saturated rings. The third-order valence-corrected chi connectivity index (χ3v) is 9.65. The molecule has 52 heavy (non-hydrogen) atoms. The summed E-state index contributed by atoms with van der Waals surface area (Å²) in [7, 11) is -2.27. The minimum Gasteiger partial charge on any atom is -0.466 e. The summed E-state index contributed by atoms with van der Waals surface area (Å²) in [5.74, 6) is -1.97. The first-order chi connectivity index (χ1) is 24.8. The molecule has 0 saturated heterocycles. The van der Waals surface area contributed by atoms with Crippen LogP contribution in [-0.4, -0.2) is 62.1 Å². The Labute approximate surface area is 306 Å². The van der Waals surface area contributed by atoms with Crippen molar-refractivity contribution in [2.75, 3.05) is 20.1 Å². The van der Waals surface area contributed by atoms with E-state index < -0.39 is 31.4 Å². The predicted octanol–water partition coefficient (Wildman–Crippen LogP) is 6.60. The monoisotopic (exact) mass is 738 g/mol. The van der Waals surface area contributed by atoms with Crippen molar-refractivity contribution in [1.82, 2.24) is 10.4 Å². The van der Waals surface area contributed by atoms with E-state index in [0.717, 1.165) is 16.7 Å². The van der Waals surface area contributed by atoms with Crippen LogP contribution in [0.1, 0.15) is 65.0 Å². The summed E-state index contributed by atoms with van der Waals surface area (Å²) in [6, 6.07) is 23.2. The predicted molar refractivity (Wildman–Crippen MR) is 197 cm³/mol. The average Bonchev–Trinajstić information content (AvgIpc) is 3.11. The summed E-state index contributed by atoms with van der Waals surface area (Å²) in [5, 5.41) is 5.68. The Hall–Kier alpha value is -4.51. The van der Waals surface area contributed by atoms with Gasteiger partial charge in [0, 0.05) is 19.6 Å². The lowest BCUT2D eigenvalue weighted by Gasteiger charge is -2.23. The molecule has 3 rings (SSSR count). The quantitative estimate of drug-likeness (QED) is 0.0690. The Morgan fingerprint density at radius 1 is 0.769 bits per heavy atom. The molecule has 0 radical (unpaired) electrons. The molecule has 282 valence electrons. The van der Waals surface area contributed by atoms with Crippen molar-refractivity contribution in [2.45, 2.75) is 85.1 Å². The second kappa shape index (κ2) is 21.1. The third-order valence-electron chi connectivity index (χ3n) is 7.76. The van der Waals surface area contributed by atoms with Crippen molar-refractivity contribution < 1.29 is 47.2 Å². The lowest BCUT2D eigenvalue weighted by atomic mass is 9.94. The smallest absolute Gasteiger partial charge is 0.342 e. The van der Waals surface area contributed by atoms with Crippen molar-refractivity contribution in [3.63, 3.8) is 0 Å². The van der Waals surface area contributed by atoms with E-state index in [-0.39, 0.29) is 62.2 Å². The summed E-state index contributed by atoms with van der Waals surface area (Å²) in [4.78, 5) is 50.1. The molecule has 0 aromatic heterocycles. The summed E-state index contributed by atoms with van der Waals surface area (Å²) < 4.78 is 39.8. The van der Waals surface area contributed by atoms with Crippen molar-refractivity contribution in [1.29, 1.82) is 0 Å². The van der Waals surface area contributed by atoms with Gasteiger partial charge in [0.2, 0.25) is 5.91 Å². The van der Waals surface area contributed by atoms with Crippen LogP contribution < -0.4 is 14.9 Å². The highest BCUT2D eigenvalue weighted by molar-refractivity contribution is 7.57. The zero-order chi connectivity index (χ0) is 38.1. The molecule has 12 nitrogen and oxygen atoms in total. The molecule has 3 aromatic carbocycles. The number of hydrogen-bond acceptors (Lipinski definition) is 10. The Bertz CT molecular complexity index is 1630. The molecule has 13 heteroatoms. The standard InChI is InChI=1S/C39H51N2O10P/c1-7-48-38(44)28(4)23-34(24-30-13-17-33(18-14-30)32-11-9-8-10-12-32)40-36(42)21-22-37(43)49-25-31-15-19-35(20-16-31)51-52(46,26-47-6)41-29(5)39(45)50-27(2)3/h8-20,27-29,34H,7,21-26H2,1-6H3,(H,40,42)(H,41,46)/t28-,29+,34-,52?/m1/s1. The van der Waals surface area contributed by atoms with E-state index in [2.05, 4.69) is 10.4 Å². The van der Waals surface area contributed by atoms with Gasteiger partial charge in [-0.1, -0.05) is 73.7 Å². The highest BCUT2D eigenvalue weighted by Crippen LogP contribution is 2.43. The maximum absolute atomic E-state index is 13.3. The summed E-state index contributed by atoms with van der Waals surface area (Å²) in [6.45, 7) is 8.70. The number of esters is 3. The number of carbonyl (C=O) groups excluding carboxylic acids is 4. The van der Waals surface area contributed by atoms with Crippen molar-refractivity contribution >= 4 is 31.3 Å². The number of rotatable bonds is 21. The fraction of sp³-hybridized carbons (Fsp3) is 0.436. The maximum atomic E-state index is 13.3. The lowest BCUT2D eigenvalue weighted by Crippen LogP contribution is -2.39. The molecule has 2 N–H and O–H groups in total. The summed E-state index contributed by atoms with van der Waals surface area (Å²) >= 11 is 0. The van der Waals surface area contributed by atoms with E-state index in [4.69, 9.17) is 23.5 Å². The molecule has 0 heterocycles. The largest absolute Gasteiger partial charge is 0.466 e. The first-order valence-corrected chi connectivity index (χ1v) is 19.2. The van der Waals surface area contributed by atoms with Crippen molar-refractivity contribution in [3.05, 3.63) is 90.0 Å². The molecule has 0 aliphatic carbocycles. The SMILES string of the molecule is CCOC(=O)[C@H](C)C[C@H](Cc1ccc(-c2ccccc2)cc1)NC(=O)CCC(=O)OCc1ccc(OP(=O)(COC)N[C@@H](C)C(=O)OC(C)C)cc1. The summed E-state index contributed by atoms with van der Waals surface area (Å²) in [6.07, 6.45) is 0.0247. The van der Waals surface area contributed by atoms with E-state index in [1.54, 1.807) is 52.0 Å². The van der Waals surface area contributed by atoms with E-state index >= 15 is 0 Å². The van der Waals surface area contributed by atoms with Crippen LogP contribution in [0.5, 0.6) is 5.75 Å². The Balaban J connectivity index is 1.52. The number of benzene rings is 3. The van der Waals surface area contributed by atoms with Gasteiger partial charge < -0.3 is 28.8 Å². The maximum Gasteiger partial charge on any atom is 0.342 e. The third kappa shape index (κ3) is 14.6. The molecule has 1 amide bonds. The van der Waals surface area contributed by atoms with Gasteiger partial charge in [-0.3, -0.25) is 23.7 Å². The minimum atomic E-state index is -3.64. The average molecular weight is 739 g/mol. The topological polar surface area (TPSA) is 156 Å². The molecule has 3 aromatic rings. The van der Waals surface area contributed by atoms with Crippen LogP contribution in [0.15, 0.2) is 78.9 Å².